The van der Waals surface area contributed by atoms with Gasteiger partial charge in [0.25, 0.3) is 6.01 Å². The SMILES string of the molecule is O[C@@H]1CO[C@H]2[C@@H]1OC[C@H]2Oc1nc2cc(-c3ccc(-c4cccc(C(F)(F)F)c4)cc3)c(Cl)cc2[nH]1. The minimum absolute atomic E-state index is 0.209. The summed E-state index contributed by atoms with van der Waals surface area (Å²) in [5.41, 5.74) is 3.28. The Balaban J connectivity index is 1.25. The summed E-state index contributed by atoms with van der Waals surface area (Å²) in [6, 6.07) is 16.2. The number of fused-ring (bicyclic) bond motifs is 2. The predicted octanol–water partition coefficient (Wildman–Crippen LogP) is 5.48. The average Bonchev–Trinajstić information content (AvgIpc) is 3.55. The number of imidazole rings is 1. The topological polar surface area (TPSA) is 76.6 Å². The van der Waals surface area contributed by atoms with Crippen LogP contribution in [0.25, 0.3) is 33.3 Å². The van der Waals surface area contributed by atoms with Crippen LogP contribution in [0.5, 0.6) is 6.01 Å². The quantitative estimate of drug-likeness (QED) is 0.376. The number of nitrogens with one attached hydrogen (secondary N) is 1. The summed E-state index contributed by atoms with van der Waals surface area (Å²) in [5.74, 6) is 0. The van der Waals surface area contributed by atoms with Gasteiger partial charge in [0.15, 0.2) is 6.10 Å². The highest BCUT2D eigenvalue weighted by Crippen LogP contribution is 2.36. The summed E-state index contributed by atoms with van der Waals surface area (Å²) in [6.07, 6.45) is -6.23. The third-order valence-corrected chi connectivity index (χ3v) is 6.83. The van der Waals surface area contributed by atoms with E-state index in [0.717, 1.165) is 23.3 Å². The Labute approximate surface area is 208 Å². The van der Waals surface area contributed by atoms with Gasteiger partial charge in [0.2, 0.25) is 0 Å². The van der Waals surface area contributed by atoms with Crippen LogP contribution in [-0.4, -0.2) is 52.7 Å². The molecule has 6 rings (SSSR count). The second kappa shape index (κ2) is 8.77. The Morgan fingerprint density at radius 1 is 0.944 bits per heavy atom. The fourth-order valence-electron chi connectivity index (χ4n) is 4.69. The molecule has 4 atom stereocenters. The highest BCUT2D eigenvalue weighted by Gasteiger charge is 2.48. The van der Waals surface area contributed by atoms with E-state index in [1.54, 1.807) is 24.3 Å². The van der Waals surface area contributed by atoms with Gasteiger partial charge in [-0.3, -0.25) is 0 Å². The minimum atomic E-state index is -4.40. The van der Waals surface area contributed by atoms with Crippen LogP contribution in [0.2, 0.25) is 5.02 Å². The molecule has 0 unspecified atom stereocenters. The highest BCUT2D eigenvalue weighted by atomic mass is 35.5. The van der Waals surface area contributed by atoms with Crippen LogP contribution in [0, 0.1) is 0 Å². The van der Waals surface area contributed by atoms with Crippen LogP contribution in [0.1, 0.15) is 5.56 Å². The van der Waals surface area contributed by atoms with Gasteiger partial charge in [0.1, 0.15) is 18.3 Å². The van der Waals surface area contributed by atoms with Crippen molar-refractivity contribution in [2.75, 3.05) is 13.2 Å². The maximum atomic E-state index is 13.1. The molecule has 1 aromatic heterocycles. The number of nitrogens with zero attached hydrogens (tertiary/aromatic N) is 1. The van der Waals surface area contributed by atoms with Crippen molar-refractivity contribution >= 4 is 22.6 Å². The fourth-order valence-corrected chi connectivity index (χ4v) is 4.96. The van der Waals surface area contributed by atoms with Gasteiger partial charge in [-0.1, -0.05) is 48.0 Å². The van der Waals surface area contributed by atoms with Gasteiger partial charge in [0, 0.05) is 5.56 Å². The summed E-state index contributed by atoms with van der Waals surface area (Å²) >= 11 is 6.55. The van der Waals surface area contributed by atoms with E-state index in [4.69, 9.17) is 25.8 Å². The van der Waals surface area contributed by atoms with Gasteiger partial charge in [-0.15, -0.1) is 0 Å². The van der Waals surface area contributed by atoms with Crippen molar-refractivity contribution in [3.8, 4) is 28.3 Å². The Morgan fingerprint density at radius 3 is 2.47 bits per heavy atom. The van der Waals surface area contributed by atoms with Crippen molar-refractivity contribution in [2.24, 2.45) is 0 Å². The zero-order valence-corrected chi connectivity index (χ0v) is 19.4. The van der Waals surface area contributed by atoms with Crippen molar-refractivity contribution in [1.29, 1.82) is 0 Å². The van der Waals surface area contributed by atoms with E-state index < -0.39 is 30.1 Å². The molecule has 3 heterocycles. The number of ether oxygens (including phenoxy) is 3. The Bertz CT molecular complexity index is 1420. The lowest BCUT2D eigenvalue weighted by molar-refractivity contribution is -0.137. The molecule has 2 aliphatic heterocycles. The molecule has 0 saturated carbocycles. The first-order chi connectivity index (χ1) is 17.3. The standard InChI is InChI=1S/C26H20ClF3N2O4/c27-18-10-20-19(31-25(32-20)36-22-12-35-23-21(33)11-34-24(22)23)9-17(18)14-6-4-13(5-7-14)15-2-1-3-16(8-15)26(28,29)30/h1-10,21-24,33H,11-12H2,(H,31,32)/t21-,22-,23-,24-/m1/s1. The van der Waals surface area contributed by atoms with Crippen LogP contribution in [0.4, 0.5) is 13.2 Å². The first-order valence-corrected chi connectivity index (χ1v) is 11.7. The second-order valence-corrected chi connectivity index (χ2v) is 9.27. The molecule has 186 valence electrons. The van der Waals surface area contributed by atoms with Gasteiger partial charge >= 0.3 is 6.18 Å². The number of aromatic nitrogens is 2. The monoisotopic (exact) mass is 516 g/mol. The lowest BCUT2D eigenvalue weighted by atomic mass is 9.99. The molecule has 10 heteroatoms. The number of aliphatic hydroxyl groups excluding tert-OH is 1. The van der Waals surface area contributed by atoms with E-state index in [2.05, 4.69) is 9.97 Å². The zero-order valence-electron chi connectivity index (χ0n) is 18.6. The smallest absolute Gasteiger partial charge is 0.416 e. The van der Waals surface area contributed by atoms with Gasteiger partial charge < -0.3 is 24.3 Å². The minimum Gasteiger partial charge on any atom is -0.456 e. The Morgan fingerprint density at radius 2 is 1.69 bits per heavy atom. The Hall–Kier alpha value is -3.11. The van der Waals surface area contributed by atoms with Crippen molar-refractivity contribution in [2.45, 2.75) is 30.6 Å². The van der Waals surface area contributed by atoms with Crippen LogP contribution in [0.3, 0.4) is 0 Å². The van der Waals surface area contributed by atoms with Crippen LogP contribution in [0.15, 0.2) is 60.7 Å². The average molecular weight is 517 g/mol. The van der Waals surface area contributed by atoms with Crippen molar-refractivity contribution in [3.05, 3.63) is 71.2 Å². The second-order valence-electron chi connectivity index (χ2n) is 8.87. The molecule has 0 amide bonds. The number of alkyl halides is 3. The lowest BCUT2D eigenvalue weighted by Crippen LogP contribution is -2.34. The molecule has 2 N–H and O–H groups in total. The third-order valence-electron chi connectivity index (χ3n) is 6.51. The number of aromatic amines is 1. The van der Waals surface area contributed by atoms with Crippen molar-refractivity contribution in [1.82, 2.24) is 9.97 Å². The van der Waals surface area contributed by atoms with Gasteiger partial charge in [-0.25, -0.2) is 0 Å². The van der Waals surface area contributed by atoms with Gasteiger partial charge in [0.05, 0.1) is 34.8 Å². The molecule has 4 aromatic rings. The zero-order chi connectivity index (χ0) is 25.0. The van der Waals surface area contributed by atoms with E-state index >= 15 is 0 Å². The first-order valence-electron chi connectivity index (χ1n) is 11.3. The first kappa shape index (κ1) is 23.3. The van der Waals surface area contributed by atoms with Gasteiger partial charge in [-0.2, -0.15) is 18.2 Å². The molecular weight excluding hydrogens is 497 g/mol. The van der Waals surface area contributed by atoms with Crippen LogP contribution >= 0.6 is 11.6 Å². The molecular formula is C26H20ClF3N2O4. The van der Waals surface area contributed by atoms with E-state index in [1.165, 1.54) is 6.07 Å². The maximum Gasteiger partial charge on any atom is 0.416 e. The Kier molecular flexibility index (Phi) is 5.68. The number of rotatable bonds is 4. The molecule has 0 bridgehead atoms. The van der Waals surface area contributed by atoms with E-state index in [9.17, 15) is 18.3 Å². The van der Waals surface area contributed by atoms with Gasteiger partial charge in [-0.05, 0) is 41.0 Å². The van der Waals surface area contributed by atoms with E-state index in [0.29, 0.717) is 27.2 Å². The summed E-state index contributed by atoms with van der Waals surface area (Å²) in [4.78, 5) is 7.62. The molecule has 2 saturated heterocycles. The third kappa shape index (κ3) is 4.22. The summed E-state index contributed by atoms with van der Waals surface area (Å²) in [6.45, 7) is 0.495. The van der Waals surface area contributed by atoms with E-state index in [-0.39, 0.29) is 25.3 Å². The van der Waals surface area contributed by atoms with Crippen LogP contribution in [-0.2, 0) is 15.7 Å². The number of aliphatic hydroxyl groups is 1. The lowest BCUT2D eigenvalue weighted by Gasteiger charge is -2.15. The normalized spacial score (nSPS) is 23.8. The summed E-state index contributed by atoms with van der Waals surface area (Å²) in [7, 11) is 0. The largest absolute Gasteiger partial charge is 0.456 e. The van der Waals surface area contributed by atoms with Crippen molar-refractivity contribution < 1.29 is 32.5 Å². The molecule has 0 radical (unpaired) electrons. The molecule has 2 aliphatic rings. The molecule has 6 nitrogen and oxygen atoms in total. The fraction of sp³-hybridized carbons (Fsp3) is 0.269. The predicted molar refractivity (Wildman–Crippen MR) is 127 cm³/mol. The van der Waals surface area contributed by atoms with E-state index in [1.807, 2.05) is 18.2 Å². The number of benzene rings is 3. The number of hydrogen-bond donors (Lipinski definition) is 2. The molecule has 0 spiro atoms. The van der Waals surface area contributed by atoms with Crippen LogP contribution < -0.4 is 4.74 Å². The molecule has 36 heavy (non-hydrogen) atoms. The van der Waals surface area contributed by atoms with Crippen molar-refractivity contribution in [3.63, 3.8) is 0 Å². The summed E-state index contributed by atoms with van der Waals surface area (Å²) < 4.78 is 56.4. The molecule has 0 aliphatic carbocycles. The number of H-pyrrole nitrogens is 1. The number of halogens is 4. The number of hydrogen-bond acceptors (Lipinski definition) is 5. The highest BCUT2D eigenvalue weighted by molar-refractivity contribution is 6.34. The maximum absolute atomic E-state index is 13.1. The molecule has 3 aromatic carbocycles. The summed E-state index contributed by atoms with van der Waals surface area (Å²) in [5, 5.41) is 10.4. The molecule has 2 fully saturated rings.